The Balaban J connectivity index is 1.62. The van der Waals surface area contributed by atoms with E-state index in [1.807, 2.05) is 51.9 Å². The molecule has 0 radical (unpaired) electrons. The van der Waals surface area contributed by atoms with Gasteiger partial charge in [0.1, 0.15) is 0 Å². The number of aromatic nitrogens is 4. The van der Waals surface area contributed by atoms with E-state index in [1.165, 1.54) is 16.3 Å². The van der Waals surface area contributed by atoms with Crippen LogP contribution in [0.15, 0.2) is 51.7 Å². The molecule has 3 aromatic heterocycles. The van der Waals surface area contributed by atoms with Crippen LogP contribution in [0.1, 0.15) is 11.8 Å². The zero-order valence-corrected chi connectivity index (χ0v) is 17.2. The number of thiophene rings is 1. The summed E-state index contributed by atoms with van der Waals surface area (Å²) in [5, 5.41) is 11.6. The van der Waals surface area contributed by atoms with Crippen LogP contribution in [0.5, 0.6) is 0 Å². The van der Waals surface area contributed by atoms with E-state index < -0.39 is 0 Å². The zero-order valence-electron chi connectivity index (χ0n) is 15.5. The van der Waals surface area contributed by atoms with E-state index in [4.69, 9.17) is 0 Å². The average molecular weight is 414 g/mol. The Morgan fingerprint density at radius 1 is 1.21 bits per heavy atom. The summed E-state index contributed by atoms with van der Waals surface area (Å²) in [4.78, 5) is 28.2. The molecule has 0 unspecified atom stereocenters. The van der Waals surface area contributed by atoms with Crippen molar-refractivity contribution >= 4 is 45.7 Å². The first-order valence-corrected chi connectivity index (χ1v) is 10.7. The number of para-hydroxylation sites is 1. The number of nitrogens with zero attached hydrogens (tertiary/aromatic N) is 5. The molecule has 0 aliphatic rings. The maximum Gasteiger partial charge on any atom is 0.262 e. The van der Waals surface area contributed by atoms with Crippen LogP contribution in [0.4, 0.5) is 0 Å². The lowest BCUT2D eigenvalue weighted by Gasteiger charge is -2.19. The first kappa shape index (κ1) is 18.7. The Kier molecular flexibility index (Phi) is 5.19. The summed E-state index contributed by atoms with van der Waals surface area (Å²) in [6.07, 6.45) is 0. The Morgan fingerprint density at radius 3 is 2.79 bits per heavy atom. The molecular formula is C19H19N5O2S2. The lowest BCUT2D eigenvalue weighted by atomic mass is 10.2. The third-order valence-corrected chi connectivity index (χ3v) is 6.36. The molecule has 4 aromatic rings. The number of fused-ring (bicyclic) bond motifs is 3. The van der Waals surface area contributed by atoms with E-state index in [0.717, 1.165) is 10.4 Å². The fourth-order valence-electron chi connectivity index (χ4n) is 3.09. The van der Waals surface area contributed by atoms with Crippen LogP contribution in [0.3, 0.4) is 0 Å². The maximum atomic E-state index is 12.7. The predicted octanol–water partition coefficient (Wildman–Crippen LogP) is 2.78. The second kappa shape index (κ2) is 7.76. The molecule has 3 heterocycles. The van der Waals surface area contributed by atoms with Crippen LogP contribution in [-0.4, -0.2) is 42.3 Å². The van der Waals surface area contributed by atoms with Crippen molar-refractivity contribution in [2.45, 2.75) is 18.6 Å². The number of carbonyl (C=O) groups excluding carboxylic acids is 1. The van der Waals surface area contributed by atoms with E-state index >= 15 is 0 Å². The molecule has 144 valence electrons. The van der Waals surface area contributed by atoms with Gasteiger partial charge in [0.05, 0.1) is 23.2 Å². The van der Waals surface area contributed by atoms with Gasteiger partial charge in [-0.3, -0.25) is 18.6 Å². The van der Waals surface area contributed by atoms with Gasteiger partial charge in [-0.15, -0.1) is 21.5 Å². The van der Waals surface area contributed by atoms with Crippen molar-refractivity contribution < 1.29 is 4.79 Å². The lowest BCUT2D eigenvalue weighted by Crippen LogP contribution is -2.31. The molecule has 28 heavy (non-hydrogen) atoms. The molecule has 7 nitrogen and oxygen atoms in total. The lowest BCUT2D eigenvalue weighted by molar-refractivity contribution is -0.128. The Hall–Kier alpha value is -2.65. The normalized spacial score (nSPS) is 11.4. The van der Waals surface area contributed by atoms with E-state index in [9.17, 15) is 9.59 Å². The fourth-order valence-corrected chi connectivity index (χ4v) is 4.65. The minimum atomic E-state index is -0.115. The summed E-state index contributed by atoms with van der Waals surface area (Å²) in [6, 6.07) is 11.4. The first-order valence-electron chi connectivity index (χ1n) is 8.86. The van der Waals surface area contributed by atoms with Crippen LogP contribution in [-0.2, 0) is 18.4 Å². The van der Waals surface area contributed by atoms with Gasteiger partial charge < -0.3 is 4.90 Å². The van der Waals surface area contributed by atoms with Crippen molar-refractivity contribution in [3.63, 3.8) is 0 Å². The summed E-state index contributed by atoms with van der Waals surface area (Å²) in [6.45, 7) is 3.24. The van der Waals surface area contributed by atoms with Gasteiger partial charge in [-0.05, 0) is 30.5 Å². The molecule has 0 aliphatic carbocycles. The molecule has 0 saturated heterocycles. The second-order valence-electron chi connectivity index (χ2n) is 6.28. The minimum absolute atomic E-state index is 0.0479. The van der Waals surface area contributed by atoms with E-state index in [0.29, 0.717) is 29.4 Å². The zero-order chi connectivity index (χ0) is 19.7. The van der Waals surface area contributed by atoms with E-state index in [1.54, 1.807) is 24.5 Å². The van der Waals surface area contributed by atoms with Gasteiger partial charge in [-0.25, -0.2) is 0 Å². The highest BCUT2D eigenvalue weighted by atomic mass is 32.2. The number of benzene rings is 1. The van der Waals surface area contributed by atoms with Gasteiger partial charge in [-0.2, -0.15) is 0 Å². The highest BCUT2D eigenvalue weighted by Gasteiger charge is 2.18. The molecule has 0 spiro atoms. The number of rotatable bonds is 6. The standard InChI is InChI=1S/C19H19N5O2S2/c1-3-23(11-13-7-6-10-27-13)16(25)12-28-19-21-20-18-22(2)17(26)14-8-4-5-9-15(14)24(18)19/h4-10H,3,11-12H2,1-2H3. The molecule has 0 fully saturated rings. The number of amides is 1. The summed E-state index contributed by atoms with van der Waals surface area (Å²) < 4.78 is 3.32. The van der Waals surface area contributed by atoms with Crippen LogP contribution in [0, 0.1) is 0 Å². The summed E-state index contributed by atoms with van der Waals surface area (Å²) >= 11 is 2.98. The summed E-state index contributed by atoms with van der Waals surface area (Å²) in [7, 11) is 1.68. The topological polar surface area (TPSA) is 72.5 Å². The Bertz CT molecular complexity index is 1200. The third kappa shape index (κ3) is 3.31. The van der Waals surface area contributed by atoms with E-state index in [2.05, 4.69) is 10.2 Å². The molecule has 0 aliphatic heterocycles. The number of hydrogen-bond donors (Lipinski definition) is 0. The molecule has 4 rings (SSSR count). The molecule has 0 atom stereocenters. The van der Waals surface area contributed by atoms with Crippen molar-refractivity contribution in [1.82, 2.24) is 24.1 Å². The average Bonchev–Trinajstić information content (AvgIpc) is 3.38. The molecule has 0 bridgehead atoms. The minimum Gasteiger partial charge on any atom is -0.337 e. The van der Waals surface area contributed by atoms with Gasteiger partial charge >= 0.3 is 0 Å². The quantitative estimate of drug-likeness (QED) is 0.455. The number of thioether (sulfide) groups is 1. The molecule has 1 aromatic carbocycles. The second-order valence-corrected chi connectivity index (χ2v) is 8.25. The largest absolute Gasteiger partial charge is 0.337 e. The molecule has 0 N–H and O–H groups in total. The fraction of sp³-hybridized carbons (Fsp3) is 0.263. The monoisotopic (exact) mass is 413 g/mol. The van der Waals surface area contributed by atoms with Gasteiger partial charge in [-0.1, -0.05) is 30.0 Å². The van der Waals surface area contributed by atoms with Crippen LogP contribution in [0.2, 0.25) is 0 Å². The van der Waals surface area contributed by atoms with Gasteiger partial charge in [0.2, 0.25) is 11.7 Å². The molecular weight excluding hydrogens is 394 g/mol. The van der Waals surface area contributed by atoms with Crippen molar-refractivity contribution in [3.8, 4) is 0 Å². The van der Waals surface area contributed by atoms with Crippen LogP contribution >= 0.6 is 23.1 Å². The van der Waals surface area contributed by atoms with Crippen LogP contribution < -0.4 is 5.56 Å². The van der Waals surface area contributed by atoms with Crippen molar-refractivity contribution in [2.24, 2.45) is 7.05 Å². The Labute approximate surface area is 169 Å². The van der Waals surface area contributed by atoms with E-state index in [-0.39, 0.29) is 17.2 Å². The van der Waals surface area contributed by atoms with Crippen molar-refractivity contribution in [3.05, 3.63) is 57.0 Å². The number of carbonyl (C=O) groups is 1. The number of aryl methyl sites for hydroxylation is 1. The predicted molar refractivity (Wildman–Crippen MR) is 112 cm³/mol. The highest BCUT2D eigenvalue weighted by molar-refractivity contribution is 7.99. The third-order valence-electron chi connectivity index (χ3n) is 4.58. The van der Waals surface area contributed by atoms with Crippen molar-refractivity contribution in [1.29, 1.82) is 0 Å². The van der Waals surface area contributed by atoms with Crippen LogP contribution in [0.25, 0.3) is 16.7 Å². The molecule has 9 heteroatoms. The smallest absolute Gasteiger partial charge is 0.262 e. The maximum absolute atomic E-state index is 12.7. The van der Waals surface area contributed by atoms with Gasteiger partial charge in [0.25, 0.3) is 5.56 Å². The first-order chi connectivity index (χ1) is 13.6. The molecule has 0 saturated carbocycles. The SMILES string of the molecule is CCN(Cc1cccs1)C(=O)CSc1nnc2n(C)c(=O)c3ccccc3n12. The van der Waals surface area contributed by atoms with Gasteiger partial charge in [0.15, 0.2) is 5.16 Å². The van der Waals surface area contributed by atoms with Gasteiger partial charge in [0, 0.05) is 18.5 Å². The Morgan fingerprint density at radius 2 is 2.04 bits per heavy atom. The number of hydrogen-bond acceptors (Lipinski definition) is 6. The summed E-state index contributed by atoms with van der Waals surface area (Å²) in [5.74, 6) is 0.772. The highest BCUT2D eigenvalue weighted by Crippen LogP contribution is 2.22. The molecule has 1 amide bonds. The van der Waals surface area contributed by atoms with Crippen molar-refractivity contribution in [2.75, 3.05) is 12.3 Å². The summed E-state index contributed by atoms with van der Waals surface area (Å²) in [5.41, 5.74) is 0.628.